The van der Waals surface area contributed by atoms with Crippen LogP contribution in [0.25, 0.3) is 0 Å². The Kier molecular flexibility index (Phi) is 5.02. The SMILES string of the molecule is O=C1CN(C(=O)COC(=O)[C@H]2CC(=O)N(C3CCCC3)C2)c2ccccc2N1. The molecule has 1 aromatic carbocycles. The zero-order chi connectivity index (χ0) is 19.7. The van der Waals surface area contributed by atoms with Crippen molar-refractivity contribution in [1.82, 2.24) is 4.90 Å². The van der Waals surface area contributed by atoms with E-state index in [1.54, 1.807) is 29.2 Å². The lowest BCUT2D eigenvalue weighted by molar-refractivity contribution is -0.151. The number of hydrogen-bond donors (Lipinski definition) is 1. The molecule has 0 bridgehead atoms. The molecule has 0 spiro atoms. The van der Waals surface area contributed by atoms with Gasteiger partial charge in [0.2, 0.25) is 11.8 Å². The zero-order valence-corrected chi connectivity index (χ0v) is 15.6. The third-order valence-corrected chi connectivity index (χ3v) is 5.67. The molecule has 0 aromatic heterocycles. The van der Waals surface area contributed by atoms with Gasteiger partial charge in [-0.15, -0.1) is 0 Å². The van der Waals surface area contributed by atoms with Crippen molar-refractivity contribution in [1.29, 1.82) is 0 Å². The Morgan fingerprint density at radius 1 is 1.14 bits per heavy atom. The van der Waals surface area contributed by atoms with Crippen molar-refractivity contribution in [3.05, 3.63) is 24.3 Å². The van der Waals surface area contributed by atoms with Gasteiger partial charge in [0.25, 0.3) is 5.91 Å². The number of likely N-dealkylation sites (tertiary alicyclic amines) is 1. The lowest BCUT2D eigenvalue weighted by Gasteiger charge is -2.29. The highest BCUT2D eigenvalue weighted by atomic mass is 16.5. The summed E-state index contributed by atoms with van der Waals surface area (Å²) in [5.74, 6) is -1.84. The lowest BCUT2D eigenvalue weighted by Crippen LogP contribution is -2.44. The Labute approximate surface area is 162 Å². The first-order valence-electron chi connectivity index (χ1n) is 9.68. The standard InChI is InChI=1S/C20H23N3O5/c24-17-11-23(16-8-4-3-7-15(16)21-17)19(26)12-28-20(27)13-9-18(25)22(10-13)14-5-1-2-6-14/h3-4,7-8,13-14H,1-2,5-6,9-12H2,(H,21,24)/t13-/m0/s1. The molecule has 148 valence electrons. The number of para-hydroxylation sites is 2. The maximum atomic E-state index is 12.6. The molecule has 1 saturated heterocycles. The number of rotatable bonds is 4. The molecule has 4 rings (SSSR count). The van der Waals surface area contributed by atoms with Gasteiger partial charge in [-0.2, -0.15) is 0 Å². The number of nitrogens with one attached hydrogen (secondary N) is 1. The molecule has 2 heterocycles. The predicted molar refractivity (Wildman–Crippen MR) is 100 cm³/mol. The maximum absolute atomic E-state index is 12.6. The summed E-state index contributed by atoms with van der Waals surface area (Å²) in [6.45, 7) is -0.204. The van der Waals surface area contributed by atoms with Gasteiger partial charge in [-0.3, -0.25) is 24.1 Å². The van der Waals surface area contributed by atoms with E-state index in [2.05, 4.69) is 5.32 Å². The largest absolute Gasteiger partial charge is 0.455 e. The number of benzene rings is 1. The first-order valence-corrected chi connectivity index (χ1v) is 9.68. The topological polar surface area (TPSA) is 96.0 Å². The fourth-order valence-electron chi connectivity index (χ4n) is 4.24. The number of carbonyl (C=O) groups excluding carboxylic acids is 4. The number of ether oxygens (including phenoxy) is 1. The monoisotopic (exact) mass is 385 g/mol. The van der Waals surface area contributed by atoms with E-state index >= 15 is 0 Å². The fourth-order valence-corrected chi connectivity index (χ4v) is 4.24. The summed E-state index contributed by atoms with van der Waals surface area (Å²) in [5.41, 5.74) is 1.12. The quantitative estimate of drug-likeness (QED) is 0.789. The normalized spacial score (nSPS) is 22.2. The van der Waals surface area contributed by atoms with Crippen molar-refractivity contribution in [2.75, 3.05) is 29.9 Å². The highest BCUT2D eigenvalue weighted by Crippen LogP contribution is 2.31. The molecule has 0 radical (unpaired) electrons. The second-order valence-electron chi connectivity index (χ2n) is 7.54. The van der Waals surface area contributed by atoms with Crippen LogP contribution >= 0.6 is 0 Å². The number of amides is 3. The van der Waals surface area contributed by atoms with E-state index in [0.717, 1.165) is 25.7 Å². The maximum Gasteiger partial charge on any atom is 0.311 e. The summed E-state index contributed by atoms with van der Waals surface area (Å²) in [6.07, 6.45) is 4.34. The van der Waals surface area contributed by atoms with Crippen molar-refractivity contribution in [2.24, 2.45) is 5.92 Å². The van der Waals surface area contributed by atoms with Crippen LogP contribution in [0.3, 0.4) is 0 Å². The Hall–Kier alpha value is -2.90. The van der Waals surface area contributed by atoms with Crippen LogP contribution in [0.15, 0.2) is 24.3 Å². The van der Waals surface area contributed by atoms with Crippen LogP contribution in [0.2, 0.25) is 0 Å². The van der Waals surface area contributed by atoms with Crippen molar-refractivity contribution >= 4 is 35.1 Å². The molecule has 1 aliphatic carbocycles. The van der Waals surface area contributed by atoms with Gasteiger partial charge in [-0.05, 0) is 25.0 Å². The Morgan fingerprint density at radius 2 is 1.89 bits per heavy atom. The summed E-state index contributed by atoms with van der Waals surface area (Å²) < 4.78 is 5.21. The number of fused-ring (bicyclic) bond motifs is 1. The number of esters is 1. The van der Waals surface area contributed by atoms with E-state index in [1.807, 2.05) is 0 Å². The minimum absolute atomic E-state index is 0.0122. The predicted octanol–water partition coefficient (Wildman–Crippen LogP) is 1.31. The molecular formula is C20H23N3O5. The van der Waals surface area contributed by atoms with E-state index in [4.69, 9.17) is 4.74 Å². The van der Waals surface area contributed by atoms with E-state index < -0.39 is 24.4 Å². The second kappa shape index (κ2) is 7.61. The molecule has 8 heteroatoms. The molecule has 1 aromatic rings. The lowest BCUT2D eigenvalue weighted by atomic mass is 10.1. The molecule has 3 amide bonds. The van der Waals surface area contributed by atoms with Gasteiger partial charge in [-0.25, -0.2) is 0 Å². The summed E-state index contributed by atoms with van der Waals surface area (Å²) in [4.78, 5) is 52.1. The molecule has 1 N–H and O–H groups in total. The van der Waals surface area contributed by atoms with Crippen LogP contribution < -0.4 is 10.2 Å². The van der Waals surface area contributed by atoms with Crippen molar-refractivity contribution in [3.63, 3.8) is 0 Å². The van der Waals surface area contributed by atoms with Gasteiger partial charge in [0.15, 0.2) is 6.61 Å². The Morgan fingerprint density at radius 3 is 2.68 bits per heavy atom. The van der Waals surface area contributed by atoms with Crippen LogP contribution in [0.1, 0.15) is 32.1 Å². The highest BCUT2D eigenvalue weighted by Gasteiger charge is 2.39. The Balaban J connectivity index is 1.34. The highest BCUT2D eigenvalue weighted by molar-refractivity contribution is 6.10. The molecular weight excluding hydrogens is 362 g/mol. The van der Waals surface area contributed by atoms with Crippen LogP contribution in [0.5, 0.6) is 0 Å². The average Bonchev–Trinajstić information content (AvgIpc) is 3.34. The van der Waals surface area contributed by atoms with Crippen molar-refractivity contribution < 1.29 is 23.9 Å². The summed E-state index contributed by atoms with van der Waals surface area (Å²) in [7, 11) is 0. The zero-order valence-electron chi connectivity index (χ0n) is 15.6. The van der Waals surface area contributed by atoms with Gasteiger partial charge in [0.05, 0.1) is 17.3 Å². The molecule has 8 nitrogen and oxygen atoms in total. The van der Waals surface area contributed by atoms with Gasteiger partial charge in [-0.1, -0.05) is 25.0 Å². The number of nitrogens with zero attached hydrogens (tertiary/aromatic N) is 2. The molecule has 0 unspecified atom stereocenters. The molecule has 3 aliphatic rings. The first-order chi connectivity index (χ1) is 13.5. The van der Waals surface area contributed by atoms with E-state index in [1.165, 1.54) is 4.90 Å². The Bertz CT molecular complexity index is 818. The number of carbonyl (C=O) groups is 4. The second-order valence-corrected chi connectivity index (χ2v) is 7.54. The van der Waals surface area contributed by atoms with Gasteiger partial charge >= 0.3 is 5.97 Å². The van der Waals surface area contributed by atoms with Crippen LogP contribution in [-0.4, -0.2) is 54.3 Å². The van der Waals surface area contributed by atoms with E-state index in [9.17, 15) is 19.2 Å². The number of hydrogen-bond acceptors (Lipinski definition) is 5. The average molecular weight is 385 g/mol. The van der Waals surface area contributed by atoms with Crippen molar-refractivity contribution in [3.8, 4) is 0 Å². The van der Waals surface area contributed by atoms with Gasteiger partial charge < -0.3 is 15.0 Å². The van der Waals surface area contributed by atoms with Gasteiger partial charge in [0.1, 0.15) is 6.54 Å². The molecule has 28 heavy (non-hydrogen) atoms. The third kappa shape index (κ3) is 3.58. The van der Waals surface area contributed by atoms with Crippen molar-refractivity contribution in [2.45, 2.75) is 38.1 Å². The van der Waals surface area contributed by atoms with Crippen LogP contribution in [0, 0.1) is 5.92 Å². The summed E-state index contributed by atoms with van der Waals surface area (Å²) in [6, 6.07) is 7.20. The fraction of sp³-hybridized carbons (Fsp3) is 0.500. The summed E-state index contributed by atoms with van der Waals surface area (Å²) >= 11 is 0. The molecule has 1 saturated carbocycles. The minimum atomic E-state index is -0.531. The third-order valence-electron chi connectivity index (χ3n) is 5.67. The number of anilines is 2. The van der Waals surface area contributed by atoms with Crippen LogP contribution in [-0.2, 0) is 23.9 Å². The summed E-state index contributed by atoms with van der Waals surface area (Å²) in [5, 5.41) is 2.71. The van der Waals surface area contributed by atoms with E-state index in [-0.39, 0.29) is 30.8 Å². The van der Waals surface area contributed by atoms with E-state index in [0.29, 0.717) is 17.9 Å². The first kappa shape index (κ1) is 18.5. The molecule has 2 aliphatic heterocycles. The smallest absolute Gasteiger partial charge is 0.311 e. The molecule has 1 atom stereocenters. The molecule has 2 fully saturated rings. The van der Waals surface area contributed by atoms with Gasteiger partial charge in [0, 0.05) is 19.0 Å². The van der Waals surface area contributed by atoms with Crippen LogP contribution in [0.4, 0.5) is 11.4 Å². The minimum Gasteiger partial charge on any atom is -0.455 e.